The van der Waals surface area contributed by atoms with Gasteiger partial charge in [0.15, 0.2) is 0 Å². The molecule has 90 valence electrons. The van der Waals surface area contributed by atoms with Crippen molar-refractivity contribution in [1.82, 2.24) is 5.32 Å². The van der Waals surface area contributed by atoms with Crippen LogP contribution >= 0.6 is 0 Å². The van der Waals surface area contributed by atoms with E-state index >= 15 is 0 Å². The second kappa shape index (κ2) is 7.39. The van der Waals surface area contributed by atoms with Crippen molar-refractivity contribution in [3.63, 3.8) is 0 Å². The molecule has 4 N–H and O–H groups in total. The molecule has 0 aliphatic carbocycles. The maximum absolute atomic E-state index is 8.68. The Balaban J connectivity index is 2.44. The normalized spacial score (nSPS) is 12.7. The van der Waals surface area contributed by atoms with E-state index in [1.165, 1.54) is 11.1 Å². The molecule has 0 radical (unpaired) electrons. The van der Waals surface area contributed by atoms with Crippen LogP contribution in [0, 0.1) is 6.92 Å². The van der Waals surface area contributed by atoms with Crippen LogP contribution in [0.5, 0.6) is 0 Å². The van der Waals surface area contributed by atoms with Gasteiger partial charge in [-0.3, -0.25) is 0 Å². The van der Waals surface area contributed by atoms with Crippen LogP contribution in [0.25, 0.3) is 0 Å². The lowest BCUT2D eigenvalue weighted by molar-refractivity contribution is 0.282. The van der Waals surface area contributed by atoms with Gasteiger partial charge in [-0.2, -0.15) is 0 Å². The number of nitrogens with one attached hydrogen (secondary N) is 1. The van der Waals surface area contributed by atoms with Crippen LogP contribution in [-0.4, -0.2) is 24.8 Å². The van der Waals surface area contributed by atoms with Crippen LogP contribution in [-0.2, 0) is 0 Å². The Bertz CT molecular complexity index is 284. The number of aryl methyl sites for hydroxylation is 1. The molecule has 1 aromatic carbocycles. The molecule has 3 heteroatoms. The van der Waals surface area contributed by atoms with Gasteiger partial charge in [-0.15, -0.1) is 0 Å². The molecule has 1 atom stereocenters. The van der Waals surface area contributed by atoms with Gasteiger partial charge >= 0.3 is 0 Å². The fraction of sp³-hybridized carbons (Fsp3) is 0.538. The molecule has 0 amide bonds. The van der Waals surface area contributed by atoms with Gasteiger partial charge < -0.3 is 16.2 Å². The van der Waals surface area contributed by atoms with E-state index in [1.54, 1.807) is 0 Å². The van der Waals surface area contributed by atoms with Crippen LogP contribution in [0.1, 0.15) is 30.0 Å². The number of hydrogen-bond acceptors (Lipinski definition) is 3. The average Bonchev–Trinajstić information content (AvgIpc) is 2.31. The summed E-state index contributed by atoms with van der Waals surface area (Å²) in [5, 5.41) is 12.1. The van der Waals surface area contributed by atoms with E-state index in [0.29, 0.717) is 6.54 Å². The smallest absolute Gasteiger partial charge is 0.0444 e. The Morgan fingerprint density at radius 2 is 1.94 bits per heavy atom. The first-order chi connectivity index (χ1) is 7.77. The van der Waals surface area contributed by atoms with Gasteiger partial charge in [-0.05, 0) is 31.9 Å². The predicted octanol–water partition coefficient (Wildman–Crippen LogP) is 1.36. The molecule has 1 aromatic rings. The molecular weight excluding hydrogens is 200 g/mol. The minimum atomic E-state index is 0.222. The summed E-state index contributed by atoms with van der Waals surface area (Å²) in [5.74, 6) is 0. The SMILES string of the molecule is Cc1ccc(C(CN)NCCCCO)cc1. The highest BCUT2D eigenvalue weighted by atomic mass is 16.2. The third kappa shape index (κ3) is 4.31. The molecule has 3 nitrogen and oxygen atoms in total. The molecule has 0 saturated heterocycles. The highest BCUT2D eigenvalue weighted by Crippen LogP contribution is 2.12. The van der Waals surface area contributed by atoms with Gasteiger partial charge in [0.1, 0.15) is 0 Å². The van der Waals surface area contributed by atoms with Gasteiger partial charge in [0.25, 0.3) is 0 Å². The van der Waals surface area contributed by atoms with Crippen LogP contribution in [0.15, 0.2) is 24.3 Å². The third-order valence-corrected chi connectivity index (χ3v) is 2.69. The zero-order valence-corrected chi connectivity index (χ0v) is 9.95. The Kier molecular flexibility index (Phi) is 6.08. The molecule has 1 rings (SSSR count). The summed E-state index contributed by atoms with van der Waals surface area (Å²) in [6.07, 6.45) is 1.83. The van der Waals surface area contributed by atoms with Crippen molar-refractivity contribution in [2.24, 2.45) is 5.73 Å². The van der Waals surface area contributed by atoms with Crippen LogP contribution in [0.3, 0.4) is 0 Å². The maximum atomic E-state index is 8.68. The van der Waals surface area contributed by atoms with Crippen molar-refractivity contribution in [1.29, 1.82) is 0 Å². The van der Waals surface area contributed by atoms with Crippen molar-refractivity contribution in [2.75, 3.05) is 19.7 Å². The molecule has 0 aliphatic rings. The molecule has 0 heterocycles. The summed E-state index contributed by atoms with van der Waals surface area (Å²) in [6, 6.07) is 8.66. The molecule has 0 aromatic heterocycles. The lowest BCUT2D eigenvalue weighted by atomic mass is 10.1. The van der Waals surface area contributed by atoms with Gasteiger partial charge in [-0.1, -0.05) is 29.8 Å². The fourth-order valence-corrected chi connectivity index (χ4v) is 1.65. The highest BCUT2D eigenvalue weighted by Gasteiger charge is 2.07. The molecule has 0 saturated carbocycles. The van der Waals surface area contributed by atoms with Crippen molar-refractivity contribution < 1.29 is 5.11 Å². The van der Waals surface area contributed by atoms with E-state index in [-0.39, 0.29) is 12.6 Å². The van der Waals surface area contributed by atoms with Crippen LogP contribution < -0.4 is 11.1 Å². The number of unbranched alkanes of at least 4 members (excludes halogenated alkanes) is 1. The number of rotatable bonds is 7. The standard InChI is InChI=1S/C13H22N2O/c1-11-4-6-12(7-5-11)13(10-14)15-8-2-3-9-16/h4-7,13,15-16H,2-3,8-10,14H2,1H3. The average molecular weight is 222 g/mol. The lowest BCUT2D eigenvalue weighted by Gasteiger charge is -2.17. The Morgan fingerprint density at radius 3 is 2.50 bits per heavy atom. The van der Waals surface area contributed by atoms with Gasteiger partial charge in [0, 0.05) is 19.2 Å². The number of nitrogens with two attached hydrogens (primary N) is 1. The topological polar surface area (TPSA) is 58.3 Å². The first-order valence-electron chi connectivity index (χ1n) is 5.88. The van der Waals surface area contributed by atoms with E-state index in [2.05, 4.69) is 36.5 Å². The summed E-state index contributed by atoms with van der Waals surface area (Å²) >= 11 is 0. The van der Waals surface area contributed by atoms with Crippen molar-refractivity contribution in [3.05, 3.63) is 35.4 Å². The van der Waals surface area contributed by atoms with E-state index in [1.807, 2.05) is 0 Å². The monoisotopic (exact) mass is 222 g/mol. The Hall–Kier alpha value is -0.900. The summed E-state index contributed by atoms with van der Waals surface area (Å²) < 4.78 is 0. The van der Waals surface area contributed by atoms with Crippen molar-refractivity contribution >= 4 is 0 Å². The predicted molar refractivity (Wildman–Crippen MR) is 67.3 cm³/mol. The molecule has 0 fully saturated rings. The fourth-order valence-electron chi connectivity index (χ4n) is 1.65. The first-order valence-corrected chi connectivity index (χ1v) is 5.88. The number of hydrogen-bond donors (Lipinski definition) is 3. The lowest BCUT2D eigenvalue weighted by Crippen LogP contribution is -2.29. The van der Waals surface area contributed by atoms with E-state index < -0.39 is 0 Å². The van der Waals surface area contributed by atoms with E-state index in [9.17, 15) is 0 Å². The van der Waals surface area contributed by atoms with Crippen LogP contribution in [0.2, 0.25) is 0 Å². The minimum absolute atomic E-state index is 0.222. The van der Waals surface area contributed by atoms with Crippen LogP contribution in [0.4, 0.5) is 0 Å². The Morgan fingerprint density at radius 1 is 1.25 bits per heavy atom. The molecule has 16 heavy (non-hydrogen) atoms. The molecule has 1 unspecified atom stereocenters. The third-order valence-electron chi connectivity index (χ3n) is 2.69. The summed E-state index contributed by atoms with van der Waals surface area (Å²) in [7, 11) is 0. The second-order valence-electron chi connectivity index (χ2n) is 4.08. The summed E-state index contributed by atoms with van der Waals surface area (Å²) in [5.41, 5.74) is 8.24. The van der Waals surface area contributed by atoms with Gasteiger partial charge in [0.05, 0.1) is 0 Å². The molecule has 0 bridgehead atoms. The van der Waals surface area contributed by atoms with Gasteiger partial charge in [-0.25, -0.2) is 0 Å². The second-order valence-corrected chi connectivity index (χ2v) is 4.08. The quantitative estimate of drug-likeness (QED) is 0.610. The zero-order chi connectivity index (χ0) is 11.8. The largest absolute Gasteiger partial charge is 0.396 e. The van der Waals surface area contributed by atoms with E-state index in [4.69, 9.17) is 10.8 Å². The Labute approximate surface area is 97.7 Å². The molecule has 0 spiro atoms. The minimum Gasteiger partial charge on any atom is -0.396 e. The van der Waals surface area contributed by atoms with Crippen molar-refractivity contribution in [3.8, 4) is 0 Å². The van der Waals surface area contributed by atoms with E-state index in [0.717, 1.165) is 19.4 Å². The number of aliphatic hydroxyl groups excluding tert-OH is 1. The summed E-state index contributed by atoms with van der Waals surface area (Å²) in [6.45, 7) is 3.84. The molecular formula is C13H22N2O. The van der Waals surface area contributed by atoms with Gasteiger partial charge in [0.2, 0.25) is 0 Å². The first kappa shape index (κ1) is 13.2. The maximum Gasteiger partial charge on any atom is 0.0444 e. The molecule has 0 aliphatic heterocycles. The van der Waals surface area contributed by atoms with Crippen molar-refractivity contribution in [2.45, 2.75) is 25.8 Å². The summed E-state index contributed by atoms with van der Waals surface area (Å²) in [4.78, 5) is 0. The number of benzene rings is 1. The number of aliphatic hydroxyl groups is 1. The highest BCUT2D eigenvalue weighted by molar-refractivity contribution is 5.24. The zero-order valence-electron chi connectivity index (χ0n) is 9.95.